The van der Waals surface area contributed by atoms with Crippen LogP contribution in [-0.4, -0.2) is 42.0 Å². The minimum absolute atomic E-state index is 0.265. The molecule has 2 bridgehead atoms. The molecule has 21 heavy (non-hydrogen) atoms. The Morgan fingerprint density at radius 1 is 1.10 bits per heavy atom. The first-order chi connectivity index (χ1) is 10.1. The maximum atomic E-state index is 12.3. The van der Waals surface area contributed by atoms with Crippen molar-refractivity contribution in [2.75, 3.05) is 7.05 Å². The molecular formula is C17H31N3O. The van der Waals surface area contributed by atoms with E-state index in [0.29, 0.717) is 36.5 Å². The van der Waals surface area contributed by atoms with Gasteiger partial charge in [-0.3, -0.25) is 4.79 Å². The van der Waals surface area contributed by atoms with Crippen LogP contribution in [0.5, 0.6) is 0 Å². The maximum Gasteiger partial charge on any atom is 0.220 e. The highest BCUT2D eigenvalue weighted by Gasteiger charge is 2.36. The van der Waals surface area contributed by atoms with Crippen LogP contribution in [0, 0.1) is 5.92 Å². The Hall–Kier alpha value is -0.610. The van der Waals surface area contributed by atoms with Crippen LogP contribution >= 0.6 is 0 Å². The van der Waals surface area contributed by atoms with Gasteiger partial charge in [0.2, 0.25) is 5.91 Å². The molecule has 4 heteroatoms. The van der Waals surface area contributed by atoms with Crippen molar-refractivity contribution >= 4 is 5.91 Å². The molecule has 0 aromatic carbocycles. The molecule has 1 amide bonds. The van der Waals surface area contributed by atoms with E-state index in [0.717, 1.165) is 25.7 Å². The number of nitrogens with two attached hydrogens (primary N) is 1. The summed E-state index contributed by atoms with van der Waals surface area (Å²) in [5.41, 5.74) is 6.03. The zero-order valence-electron chi connectivity index (χ0n) is 13.4. The lowest BCUT2D eigenvalue weighted by atomic mass is 9.81. The number of hydrogen-bond donors (Lipinski definition) is 2. The van der Waals surface area contributed by atoms with Gasteiger partial charge in [0.15, 0.2) is 0 Å². The first-order valence-electron chi connectivity index (χ1n) is 8.88. The number of amides is 1. The van der Waals surface area contributed by atoms with Crippen LogP contribution in [0.3, 0.4) is 0 Å². The molecule has 4 unspecified atom stereocenters. The molecule has 2 aliphatic heterocycles. The van der Waals surface area contributed by atoms with E-state index >= 15 is 0 Å². The third kappa shape index (κ3) is 3.78. The smallest absolute Gasteiger partial charge is 0.220 e. The second-order valence-electron chi connectivity index (χ2n) is 7.64. The Morgan fingerprint density at radius 2 is 1.76 bits per heavy atom. The van der Waals surface area contributed by atoms with Gasteiger partial charge in [-0.1, -0.05) is 12.8 Å². The molecule has 3 fully saturated rings. The highest BCUT2D eigenvalue weighted by atomic mass is 16.1. The minimum atomic E-state index is 0.265. The van der Waals surface area contributed by atoms with E-state index in [1.807, 2.05) is 0 Å². The quantitative estimate of drug-likeness (QED) is 0.837. The number of nitrogens with zero attached hydrogens (tertiary/aromatic N) is 1. The molecule has 0 radical (unpaired) electrons. The molecule has 3 rings (SSSR count). The topological polar surface area (TPSA) is 58.4 Å². The van der Waals surface area contributed by atoms with Crippen LogP contribution in [0.2, 0.25) is 0 Å². The van der Waals surface area contributed by atoms with Gasteiger partial charge in [0.25, 0.3) is 0 Å². The van der Waals surface area contributed by atoms with Gasteiger partial charge in [0, 0.05) is 30.6 Å². The fraction of sp³-hybridized carbons (Fsp3) is 0.941. The zero-order valence-corrected chi connectivity index (χ0v) is 13.4. The van der Waals surface area contributed by atoms with E-state index in [1.165, 1.54) is 32.1 Å². The van der Waals surface area contributed by atoms with Crippen LogP contribution < -0.4 is 11.1 Å². The molecule has 0 aromatic rings. The minimum Gasteiger partial charge on any atom is -0.353 e. The van der Waals surface area contributed by atoms with Crippen LogP contribution in [0.4, 0.5) is 0 Å². The lowest BCUT2D eigenvalue weighted by Crippen LogP contribution is -2.55. The average Bonchev–Trinajstić information content (AvgIpc) is 2.40. The van der Waals surface area contributed by atoms with Gasteiger partial charge in [-0.05, 0) is 57.9 Å². The second-order valence-corrected chi connectivity index (χ2v) is 7.64. The van der Waals surface area contributed by atoms with E-state index in [-0.39, 0.29) is 5.91 Å². The summed E-state index contributed by atoms with van der Waals surface area (Å²) >= 11 is 0. The number of piperidine rings is 2. The summed E-state index contributed by atoms with van der Waals surface area (Å²) < 4.78 is 0. The Balaban J connectivity index is 1.47. The van der Waals surface area contributed by atoms with Gasteiger partial charge < -0.3 is 16.0 Å². The third-order valence-electron chi connectivity index (χ3n) is 6.00. The van der Waals surface area contributed by atoms with Crippen molar-refractivity contribution in [2.24, 2.45) is 11.7 Å². The van der Waals surface area contributed by atoms with Gasteiger partial charge in [-0.2, -0.15) is 0 Å². The van der Waals surface area contributed by atoms with Gasteiger partial charge in [-0.25, -0.2) is 0 Å². The van der Waals surface area contributed by atoms with Gasteiger partial charge in [-0.15, -0.1) is 0 Å². The van der Waals surface area contributed by atoms with Crippen molar-refractivity contribution < 1.29 is 4.79 Å². The molecule has 1 aliphatic carbocycles. The molecule has 3 N–H and O–H groups in total. The number of rotatable bonds is 3. The van der Waals surface area contributed by atoms with Gasteiger partial charge in [0.1, 0.15) is 0 Å². The summed E-state index contributed by atoms with van der Waals surface area (Å²) in [6.07, 6.45) is 11.5. The largest absolute Gasteiger partial charge is 0.353 e. The lowest BCUT2D eigenvalue weighted by Gasteiger charge is -2.47. The molecule has 2 saturated heterocycles. The summed E-state index contributed by atoms with van der Waals surface area (Å²) in [5.74, 6) is 0.779. The molecule has 0 aromatic heterocycles. The first-order valence-corrected chi connectivity index (χ1v) is 8.88. The molecular weight excluding hydrogens is 262 g/mol. The number of fused-ring (bicyclic) bond motifs is 2. The number of carbonyl (C=O) groups excluding carboxylic acids is 1. The summed E-state index contributed by atoms with van der Waals surface area (Å²) in [5, 5.41) is 3.32. The Kier molecular flexibility index (Phi) is 4.85. The average molecular weight is 293 g/mol. The highest BCUT2D eigenvalue weighted by Crippen LogP contribution is 2.33. The molecule has 0 spiro atoms. The van der Waals surface area contributed by atoms with Crippen LogP contribution in [0.1, 0.15) is 64.2 Å². The van der Waals surface area contributed by atoms with Crippen molar-refractivity contribution in [2.45, 2.75) is 88.4 Å². The SMILES string of the molecule is CN1C2CCCC1CC(NC(=O)CC1CCCC(N)C1)C2. The molecule has 2 heterocycles. The number of nitrogens with one attached hydrogen (secondary N) is 1. The molecule has 4 atom stereocenters. The van der Waals surface area contributed by atoms with Gasteiger partial charge in [0.05, 0.1) is 0 Å². The predicted octanol–water partition coefficient (Wildman–Crippen LogP) is 2.03. The second kappa shape index (κ2) is 6.66. The maximum absolute atomic E-state index is 12.3. The standard InChI is InChI=1S/C17H31N3O/c1-20-15-6-3-7-16(20)11-14(10-15)19-17(21)9-12-4-2-5-13(18)8-12/h12-16H,2-11,18H2,1H3,(H,19,21). The number of hydrogen-bond acceptors (Lipinski definition) is 3. The Morgan fingerprint density at radius 3 is 2.43 bits per heavy atom. The third-order valence-corrected chi connectivity index (χ3v) is 6.00. The Labute approximate surface area is 128 Å². The summed E-state index contributed by atoms with van der Waals surface area (Å²) in [7, 11) is 2.26. The van der Waals surface area contributed by atoms with Crippen LogP contribution in [0.25, 0.3) is 0 Å². The summed E-state index contributed by atoms with van der Waals surface area (Å²) in [4.78, 5) is 14.9. The Bertz CT molecular complexity index is 359. The van der Waals surface area contributed by atoms with E-state index in [1.54, 1.807) is 0 Å². The first kappa shape index (κ1) is 15.3. The monoisotopic (exact) mass is 293 g/mol. The van der Waals surface area contributed by atoms with E-state index in [4.69, 9.17) is 5.73 Å². The van der Waals surface area contributed by atoms with E-state index < -0.39 is 0 Å². The van der Waals surface area contributed by atoms with E-state index in [9.17, 15) is 4.79 Å². The van der Waals surface area contributed by atoms with Crippen molar-refractivity contribution in [1.82, 2.24) is 10.2 Å². The molecule has 3 aliphatic rings. The molecule has 4 nitrogen and oxygen atoms in total. The van der Waals surface area contributed by atoms with Crippen molar-refractivity contribution in [3.63, 3.8) is 0 Å². The summed E-state index contributed by atoms with van der Waals surface area (Å²) in [6, 6.07) is 2.09. The fourth-order valence-corrected chi connectivity index (χ4v) is 4.80. The molecule has 120 valence electrons. The van der Waals surface area contributed by atoms with Crippen molar-refractivity contribution in [1.29, 1.82) is 0 Å². The highest BCUT2D eigenvalue weighted by molar-refractivity contribution is 5.76. The van der Waals surface area contributed by atoms with Crippen molar-refractivity contribution in [3.05, 3.63) is 0 Å². The van der Waals surface area contributed by atoms with Crippen LogP contribution in [-0.2, 0) is 4.79 Å². The van der Waals surface area contributed by atoms with Crippen LogP contribution in [0.15, 0.2) is 0 Å². The molecule has 1 saturated carbocycles. The lowest BCUT2D eigenvalue weighted by molar-refractivity contribution is -0.123. The number of carbonyl (C=O) groups is 1. The fourth-order valence-electron chi connectivity index (χ4n) is 4.80. The normalized spacial score (nSPS) is 40.8. The summed E-state index contributed by atoms with van der Waals surface area (Å²) in [6.45, 7) is 0. The zero-order chi connectivity index (χ0) is 14.8. The van der Waals surface area contributed by atoms with Gasteiger partial charge >= 0.3 is 0 Å². The van der Waals surface area contributed by atoms with E-state index in [2.05, 4.69) is 17.3 Å². The van der Waals surface area contributed by atoms with Crippen molar-refractivity contribution in [3.8, 4) is 0 Å². The predicted molar refractivity (Wildman–Crippen MR) is 84.9 cm³/mol.